The summed E-state index contributed by atoms with van der Waals surface area (Å²) >= 11 is 0. The number of aromatic nitrogens is 1. The van der Waals surface area contributed by atoms with Crippen LogP contribution >= 0.6 is 0 Å². The summed E-state index contributed by atoms with van der Waals surface area (Å²) in [5, 5.41) is 9.36. The highest BCUT2D eigenvalue weighted by molar-refractivity contribution is 5.62. The van der Waals surface area contributed by atoms with Crippen LogP contribution in [-0.2, 0) is 0 Å². The van der Waals surface area contributed by atoms with Gasteiger partial charge in [-0.15, -0.1) is 0 Å². The Hall–Kier alpha value is -2.23. The van der Waals surface area contributed by atoms with E-state index in [2.05, 4.69) is 4.98 Å². The SMILES string of the molecule is Nc1c(O)cccc1Oc1ccncc1. The van der Waals surface area contributed by atoms with E-state index in [0.717, 1.165) is 0 Å². The standard InChI is InChI=1S/C11H10N2O2/c12-11-9(14)2-1-3-10(11)15-8-4-6-13-7-5-8/h1-7,14H,12H2. The second kappa shape index (κ2) is 3.88. The van der Waals surface area contributed by atoms with E-state index in [1.54, 1.807) is 36.7 Å². The Morgan fingerprint density at radius 2 is 1.87 bits per heavy atom. The van der Waals surface area contributed by atoms with Gasteiger partial charge in [-0.25, -0.2) is 0 Å². The third-order valence-corrected chi connectivity index (χ3v) is 1.92. The lowest BCUT2D eigenvalue weighted by Gasteiger charge is -2.08. The number of pyridine rings is 1. The Kier molecular flexibility index (Phi) is 2.41. The van der Waals surface area contributed by atoms with Gasteiger partial charge >= 0.3 is 0 Å². The lowest BCUT2D eigenvalue weighted by atomic mass is 10.3. The van der Waals surface area contributed by atoms with Crippen LogP contribution in [0, 0.1) is 0 Å². The number of hydrogen-bond donors (Lipinski definition) is 2. The Bertz CT molecular complexity index is 457. The summed E-state index contributed by atoms with van der Waals surface area (Å²) in [5.74, 6) is 1.07. The third kappa shape index (κ3) is 1.99. The van der Waals surface area contributed by atoms with Crippen LogP contribution < -0.4 is 10.5 Å². The summed E-state index contributed by atoms with van der Waals surface area (Å²) in [7, 11) is 0. The Morgan fingerprint density at radius 3 is 2.60 bits per heavy atom. The molecule has 0 saturated carbocycles. The highest BCUT2D eigenvalue weighted by atomic mass is 16.5. The van der Waals surface area contributed by atoms with Gasteiger partial charge in [-0.3, -0.25) is 4.98 Å². The normalized spacial score (nSPS) is 9.87. The number of rotatable bonds is 2. The molecule has 0 bridgehead atoms. The molecule has 2 aromatic rings. The van der Waals surface area contributed by atoms with Gasteiger partial charge in [0.15, 0.2) is 5.75 Å². The van der Waals surface area contributed by atoms with Gasteiger partial charge in [0.05, 0.1) is 0 Å². The fourth-order valence-corrected chi connectivity index (χ4v) is 1.15. The minimum absolute atomic E-state index is 0.0153. The van der Waals surface area contributed by atoms with Gasteiger partial charge in [0.1, 0.15) is 17.2 Å². The molecule has 0 fully saturated rings. The molecule has 1 aromatic heterocycles. The molecular weight excluding hydrogens is 192 g/mol. The molecule has 0 saturated heterocycles. The van der Waals surface area contributed by atoms with E-state index < -0.39 is 0 Å². The second-order valence-corrected chi connectivity index (χ2v) is 2.97. The zero-order valence-corrected chi connectivity index (χ0v) is 7.92. The molecule has 0 unspecified atom stereocenters. The van der Waals surface area contributed by atoms with Gasteiger partial charge in [-0.05, 0) is 24.3 Å². The fraction of sp³-hybridized carbons (Fsp3) is 0. The molecule has 0 aliphatic heterocycles. The predicted molar refractivity (Wildman–Crippen MR) is 56.8 cm³/mol. The lowest BCUT2D eigenvalue weighted by molar-refractivity contribution is 0.459. The zero-order valence-electron chi connectivity index (χ0n) is 7.92. The number of nitrogens with zero attached hydrogens (tertiary/aromatic N) is 1. The number of phenolic OH excluding ortho intramolecular Hbond substituents is 1. The summed E-state index contributed by atoms with van der Waals surface area (Å²) in [6.45, 7) is 0. The number of aromatic hydroxyl groups is 1. The molecule has 0 atom stereocenters. The summed E-state index contributed by atoms with van der Waals surface area (Å²) in [4.78, 5) is 3.87. The topological polar surface area (TPSA) is 68.4 Å². The Morgan fingerprint density at radius 1 is 1.13 bits per heavy atom. The van der Waals surface area contributed by atoms with Gasteiger partial charge in [-0.1, -0.05) is 6.07 Å². The first kappa shape index (κ1) is 9.33. The van der Waals surface area contributed by atoms with Gasteiger partial charge in [0.2, 0.25) is 0 Å². The number of nitrogen functional groups attached to an aromatic ring is 1. The van der Waals surface area contributed by atoms with Crippen LogP contribution in [0.1, 0.15) is 0 Å². The largest absolute Gasteiger partial charge is 0.506 e. The molecule has 0 amide bonds. The van der Waals surface area contributed by atoms with Crippen LogP contribution in [-0.4, -0.2) is 10.1 Å². The van der Waals surface area contributed by atoms with E-state index in [9.17, 15) is 5.11 Å². The van der Waals surface area contributed by atoms with Crippen LogP contribution in [0.3, 0.4) is 0 Å². The quantitative estimate of drug-likeness (QED) is 0.578. The van der Waals surface area contributed by atoms with Crippen molar-refractivity contribution in [2.45, 2.75) is 0 Å². The average molecular weight is 202 g/mol. The van der Waals surface area contributed by atoms with E-state index in [1.807, 2.05) is 0 Å². The maximum atomic E-state index is 9.36. The number of nitrogens with two attached hydrogens (primary N) is 1. The molecule has 0 radical (unpaired) electrons. The van der Waals surface area contributed by atoms with Crippen molar-refractivity contribution in [2.75, 3.05) is 5.73 Å². The molecule has 4 nitrogen and oxygen atoms in total. The molecule has 76 valence electrons. The molecule has 0 aliphatic rings. The number of hydrogen-bond acceptors (Lipinski definition) is 4. The van der Waals surface area contributed by atoms with Gasteiger partial charge in [-0.2, -0.15) is 0 Å². The Labute approximate surface area is 87.0 Å². The minimum Gasteiger partial charge on any atom is -0.506 e. The van der Waals surface area contributed by atoms with E-state index in [0.29, 0.717) is 11.5 Å². The second-order valence-electron chi connectivity index (χ2n) is 2.97. The molecule has 3 N–H and O–H groups in total. The maximum Gasteiger partial charge on any atom is 0.154 e. The number of benzene rings is 1. The number of anilines is 1. The number of ether oxygens (including phenoxy) is 1. The molecule has 4 heteroatoms. The minimum atomic E-state index is 0.0153. The highest BCUT2D eigenvalue weighted by Crippen LogP contribution is 2.33. The van der Waals surface area contributed by atoms with Gasteiger partial charge < -0.3 is 15.6 Å². The first-order valence-electron chi connectivity index (χ1n) is 4.42. The third-order valence-electron chi connectivity index (χ3n) is 1.92. The van der Waals surface area contributed by atoms with Crippen molar-refractivity contribution in [3.63, 3.8) is 0 Å². The predicted octanol–water partition coefficient (Wildman–Crippen LogP) is 2.16. The lowest BCUT2D eigenvalue weighted by Crippen LogP contribution is -1.92. The first-order valence-corrected chi connectivity index (χ1v) is 4.42. The zero-order chi connectivity index (χ0) is 10.7. The van der Waals surface area contributed by atoms with E-state index >= 15 is 0 Å². The first-order chi connectivity index (χ1) is 7.27. The smallest absolute Gasteiger partial charge is 0.154 e. The molecule has 0 aliphatic carbocycles. The Balaban J connectivity index is 2.29. The van der Waals surface area contributed by atoms with E-state index in [1.165, 1.54) is 6.07 Å². The summed E-state index contributed by atoms with van der Waals surface area (Å²) in [6, 6.07) is 8.29. The maximum absolute atomic E-state index is 9.36. The van der Waals surface area contributed by atoms with Crippen molar-refractivity contribution < 1.29 is 9.84 Å². The van der Waals surface area contributed by atoms with Crippen molar-refractivity contribution in [2.24, 2.45) is 0 Å². The molecule has 0 spiro atoms. The van der Waals surface area contributed by atoms with Crippen molar-refractivity contribution in [3.8, 4) is 17.2 Å². The van der Waals surface area contributed by atoms with Gasteiger partial charge in [0.25, 0.3) is 0 Å². The van der Waals surface area contributed by atoms with E-state index in [-0.39, 0.29) is 11.4 Å². The van der Waals surface area contributed by atoms with Crippen molar-refractivity contribution in [1.29, 1.82) is 0 Å². The van der Waals surface area contributed by atoms with Crippen LogP contribution in [0.4, 0.5) is 5.69 Å². The van der Waals surface area contributed by atoms with Crippen LogP contribution in [0.5, 0.6) is 17.2 Å². The summed E-state index contributed by atoms with van der Waals surface area (Å²) < 4.78 is 5.46. The average Bonchev–Trinajstić information content (AvgIpc) is 2.26. The number of para-hydroxylation sites is 1. The summed E-state index contributed by atoms with van der Waals surface area (Å²) in [6.07, 6.45) is 3.24. The molecule has 2 rings (SSSR count). The van der Waals surface area contributed by atoms with Crippen molar-refractivity contribution in [1.82, 2.24) is 4.98 Å². The molecular formula is C11H10N2O2. The monoisotopic (exact) mass is 202 g/mol. The number of phenols is 1. The van der Waals surface area contributed by atoms with Crippen LogP contribution in [0.25, 0.3) is 0 Å². The van der Waals surface area contributed by atoms with Gasteiger partial charge in [0, 0.05) is 12.4 Å². The fourth-order valence-electron chi connectivity index (χ4n) is 1.15. The molecule has 15 heavy (non-hydrogen) atoms. The molecule has 1 aromatic carbocycles. The van der Waals surface area contributed by atoms with Crippen LogP contribution in [0.15, 0.2) is 42.7 Å². The van der Waals surface area contributed by atoms with Crippen molar-refractivity contribution >= 4 is 5.69 Å². The van der Waals surface area contributed by atoms with Crippen molar-refractivity contribution in [3.05, 3.63) is 42.7 Å². The molecule has 1 heterocycles. The van der Waals surface area contributed by atoms with Crippen LogP contribution in [0.2, 0.25) is 0 Å². The highest BCUT2D eigenvalue weighted by Gasteiger charge is 2.05. The van der Waals surface area contributed by atoms with E-state index in [4.69, 9.17) is 10.5 Å². The summed E-state index contributed by atoms with van der Waals surface area (Å²) in [5.41, 5.74) is 5.87.